The molecule has 0 heterocycles. The lowest BCUT2D eigenvalue weighted by Crippen LogP contribution is -2.11. The van der Waals surface area contributed by atoms with E-state index in [9.17, 15) is 9.00 Å². The lowest BCUT2D eigenvalue weighted by molar-refractivity contribution is 0.102. The van der Waals surface area contributed by atoms with Crippen molar-refractivity contribution in [1.29, 1.82) is 0 Å². The Morgan fingerprint density at radius 1 is 1.10 bits per heavy atom. The zero-order valence-corrected chi connectivity index (χ0v) is 13.0. The van der Waals surface area contributed by atoms with E-state index in [1.165, 1.54) is 11.1 Å². The SMILES string of the molecule is O=C(CS(=O)c1ccccc1Cl)c1ccc2c(c1)CCC2. The van der Waals surface area contributed by atoms with Crippen LogP contribution in [0.3, 0.4) is 0 Å². The highest BCUT2D eigenvalue weighted by Crippen LogP contribution is 2.24. The highest BCUT2D eigenvalue weighted by atomic mass is 35.5. The van der Waals surface area contributed by atoms with Gasteiger partial charge in [-0.15, -0.1) is 0 Å². The summed E-state index contributed by atoms with van der Waals surface area (Å²) in [5.74, 6) is -0.120. The first kappa shape index (κ1) is 14.5. The van der Waals surface area contributed by atoms with Crippen LogP contribution in [-0.2, 0) is 23.6 Å². The van der Waals surface area contributed by atoms with Crippen molar-refractivity contribution < 1.29 is 9.00 Å². The van der Waals surface area contributed by atoms with Crippen molar-refractivity contribution in [2.75, 3.05) is 5.75 Å². The van der Waals surface area contributed by atoms with E-state index >= 15 is 0 Å². The maximum absolute atomic E-state index is 12.3. The molecule has 2 aromatic carbocycles. The molecule has 0 radical (unpaired) electrons. The van der Waals surface area contributed by atoms with E-state index in [2.05, 4.69) is 0 Å². The van der Waals surface area contributed by atoms with Crippen LogP contribution >= 0.6 is 11.6 Å². The fourth-order valence-electron chi connectivity index (χ4n) is 2.65. The standard InChI is InChI=1S/C17H15ClO2S/c18-15-6-1-2-7-17(15)21(20)11-16(19)14-9-8-12-4-3-5-13(12)10-14/h1-2,6-10H,3-5,11H2. The van der Waals surface area contributed by atoms with Crippen molar-refractivity contribution in [3.05, 3.63) is 64.2 Å². The van der Waals surface area contributed by atoms with Crippen LogP contribution < -0.4 is 0 Å². The number of hydrogen-bond acceptors (Lipinski definition) is 2. The fraction of sp³-hybridized carbons (Fsp3) is 0.235. The number of Topliss-reactive ketones (excluding diaryl/α,β-unsaturated/α-hetero) is 1. The van der Waals surface area contributed by atoms with E-state index in [1.807, 2.05) is 18.2 Å². The second-order valence-electron chi connectivity index (χ2n) is 5.18. The van der Waals surface area contributed by atoms with Crippen LogP contribution in [0.4, 0.5) is 0 Å². The van der Waals surface area contributed by atoms with Crippen LogP contribution in [0.15, 0.2) is 47.4 Å². The molecule has 0 aliphatic heterocycles. The molecule has 0 aromatic heterocycles. The molecule has 0 N–H and O–H groups in total. The van der Waals surface area contributed by atoms with Crippen molar-refractivity contribution in [3.63, 3.8) is 0 Å². The smallest absolute Gasteiger partial charge is 0.175 e. The maximum atomic E-state index is 12.3. The van der Waals surface area contributed by atoms with Gasteiger partial charge in [-0.1, -0.05) is 35.9 Å². The van der Waals surface area contributed by atoms with Crippen LogP contribution in [0.1, 0.15) is 27.9 Å². The first-order valence-corrected chi connectivity index (χ1v) is 8.63. The topological polar surface area (TPSA) is 34.1 Å². The van der Waals surface area contributed by atoms with E-state index in [-0.39, 0.29) is 11.5 Å². The summed E-state index contributed by atoms with van der Waals surface area (Å²) in [5, 5.41) is 0.442. The maximum Gasteiger partial charge on any atom is 0.175 e. The molecular formula is C17H15ClO2S. The van der Waals surface area contributed by atoms with Gasteiger partial charge in [0.15, 0.2) is 5.78 Å². The molecule has 2 nitrogen and oxygen atoms in total. The quantitative estimate of drug-likeness (QED) is 0.803. The average Bonchev–Trinajstić information content (AvgIpc) is 2.94. The number of halogens is 1. The number of carbonyl (C=O) groups excluding carboxylic acids is 1. The second kappa shape index (κ2) is 6.12. The molecule has 0 saturated heterocycles. The van der Waals surface area contributed by atoms with Crippen LogP contribution in [0.25, 0.3) is 0 Å². The summed E-state index contributed by atoms with van der Waals surface area (Å²) in [6.45, 7) is 0. The van der Waals surface area contributed by atoms with Crippen molar-refractivity contribution in [1.82, 2.24) is 0 Å². The van der Waals surface area contributed by atoms with Gasteiger partial charge in [0.1, 0.15) is 0 Å². The first-order chi connectivity index (χ1) is 10.1. The molecule has 1 aliphatic rings. The molecule has 4 heteroatoms. The summed E-state index contributed by atoms with van der Waals surface area (Å²) in [6.07, 6.45) is 3.28. The molecule has 0 fully saturated rings. The zero-order valence-electron chi connectivity index (χ0n) is 11.5. The summed E-state index contributed by atoms with van der Waals surface area (Å²) in [5.41, 5.74) is 3.24. The summed E-state index contributed by atoms with van der Waals surface area (Å²) < 4.78 is 12.3. The number of ketones is 1. The molecular weight excluding hydrogens is 304 g/mol. The number of hydrogen-bond donors (Lipinski definition) is 0. The van der Waals surface area contributed by atoms with Gasteiger partial charge >= 0.3 is 0 Å². The number of carbonyl (C=O) groups is 1. The molecule has 1 atom stereocenters. The molecule has 0 spiro atoms. The van der Waals surface area contributed by atoms with Crippen LogP contribution in [0.2, 0.25) is 5.02 Å². The third-order valence-electron chi connectivity index (χ3n) is 3.76. The Morgan fingerprint density at radius 3 is 2.67 bits per heavy atom. The summed E-state index contributed by atoms with van der Waals surface area (Å²) in [6, 6.07) is 12.8. The van der Waals surface area contributed by atoms with Gasteiger partial charge in [-0.2, -0.15) is 0 Å². The van der Waals surface area contributed by atoms with E-state index in [1.54, 1.807) is 24.3 Å². The average molecular weight is 319 g/mol. The van der Waals surface area contributed by atoms with Crippen LogP contribution in [0.5, 0.6) is 0 Å². The Balaban J connectivity index is 1.77. The predicted molar refractivity (Wildman–Crippen MR) is 85.5 cm³/mol. The third-order valence-corrected chi connectivity index (χ3v) is 5.58. The molecule has 3 rings (SSSR count). The molecule has 1 unspecified atom stereocenters. The first-order valence-electron chi connectivity index (χ1n) is 6.93. The Kier molecular flexibility index (Phi) is 4.22. The fourth-order valence-corrected chi connectivity index (χ4v) is 4.12. The Labute approximate surface area is 131 Å². The largest absolute Gasteiger partial charge is 0.293 e. The van der Waals surface area contributed by atoms with Gasteiger partial charge < -0.3 is 0 Å². The molecule has 2 aromatic rings. The van der Waals surface area contributed by atoms with Crippen LogP contribution in [0, 0.1) is 0 Å². The van der Waals surface area contributed by atoms with Crippen molar-refractivity contribution in [3.8, 4) is 0 Å². The second-order valence-corrected chi connectivity index (χ2v) is 7.01. The molecule has 0 bridgehead atoms. The lowest BCUT2D eigenvalue weighted by Gasteiger charge is -2.06. The number of aryl methyl sites for hydroxylation is 2. The van der Waals surface area contributed by atoms with Gasteiger partial charge in [0.2, 0.25) is 0 Å². The highest BCUT2D eigenvalue weighted by Gasteiger charge is 2.17. The molecule has 0 amide bonds. The summed E-state index contributed by atoms with van der Waals surface area (Å²) >= 11 is 6.02. The van der Waals surface area contributed by atoms with Gasteiger partial charge in [-0.25, -0.2) is 0 Å². The highest BCUT2D eigenvalue weighted by molar-refractivity contribution is 7.86. The normalized spacial score (nSPS) is 14.7. The lowest BCUT2D eigenvalue weighted by atomic mass is 10.0. The Bertz CT molecular complexity index is 724. The van der Waals surface area contributed by atoms with Gasteiger partial charge in [-0.05, 0) is 48.6 Å². The minimum atomic E-state index is -1.41. The Hall–Kier alpha value is -1.45. The van der Waals surface area contributed by atoms with E-state index in [4.69, 9.17) is 11.6 Å². The Morgan fingerprint density at radius 2 is 1.86 bits per heavy atom. The van der Waals surface area contributed by atoms with E-state index < -0.39 is 10.8 Å². The van der Waals surface area contributed by atoms with E-state index in [0.29, 0.717) is 15.5 Å². The summed E-state index contributed by atoms with van der Waals surface area (Å²) in [4.78, 5) is 12.8. The zero-order chi connectivity index (χ0) is 14.8. The van der Waals surface area contributed by atoms with Gasteiger partial charge in [0.05, 0.1) is 26.5 Å². The van der Waals surface area contributed by atoms with Crippen molar-refractivity contribution >= 4 is 28.2 Å². The molecule has 21 heavy (non-hydrogen) atoms. The minimum Gasteiger partial charge on any atom is -0.293 e. The van der Waals surface area contributed by atoms with Crippen LogP contribution in [-0.4, -0.2) is 15.7 Å². The summed E-state index contributed by atoms with van der Waals surface area (Å²) in [7, 11) is -1.41. The third kappa shape index (κ3) is 3.09. The molecule has 0 saturated carbocycles. The van der Waals surface area contributed by atoms with Gasteiger partial charge in [-0.3, -0.25) is 9.00 Å². The number of benzene rings is 2. The van der Waals surface area contributed by atoms with Gasteiger partial charge in [0, 0.05) is 5.56 Å². The molecule has 108 valence electrons. The number of fused-ring (bicyclic) bond motifs is 1. The van der Waals surface area contributed by atoms with Crippen molar-refractivity contribution in [2.24, 2.45) is 0 Å². The van der Waals surface area contributed by atoms with Gasteiger partial charge in [0.25, 0.3) is 0 Å². The predicted octanol–water partition coefficient (Wildman–Crippen LogP) is 3.82. The monoisotopic (exact) mass is 318 g/mol. The number of rotatable bonds is 4. The van der Waals surface area contributed by atoms with E-state index in [0.717, 1.165) is 19.3 Å². The minimum absolute atomic E-state index is 0.0253. The molecule has 1 aliphatic carbocycles. The van der Waals surface area contributed by atoms with Crippen molar-refractivity contribution in [2.45, 2.75) is 24.2 Å².